The van der Waals surface area contributed by atoms with Crippen molar-refractivity contribution >= 4 is 20.2 Å². The second kappa shape index (κ2) is 9.99. The van der Waals surface area contributed by atoms with Gasteiger partial charge in [0.05, 0.1) is 0 Å². The summed E-state index contributed by atoms with van der Waals surface area (Å²) in [6.07, 6.45) is 5.37. The Balaban J connectivity index is 1.36. The molecule has 1 fully saturated rings. The Morgan fingerprint density at radius 3 is 1.29 bits per heavy atom. The Kier molecular flexibility index (Phi) is 6.72. The van der Waals surface area contributed by atoms with E-state index in [-0.39, 0.29) is 0 Å². The van der Waals surface area contributed by atoms with E-state index in [1.54, 1.807) is 11.1 Å². The van der Waals surface area contributed by atoms with Crippen LogP contribution < -0.4 is 0 Å². The number of benzene rings is 4. The molecule has 0 aromatic heterocycles. The summed E-state index contributed by atoms with van der Waals surface area (Å²) >= 11 is -2.99. The van der Waals surface area contributed by atoms with Gasteiger partial charge in [0.25, 0.3) is 0 Å². The third kappa shape index (κ3) is 4.15. The predicted molar refractivity (Wildman–Crippen MR) is 183 cm³/mol. The number of rotatable bonds is 4. The maximum atomic E-state index is 2.77. The molecule has 2 aliphatic carbocycles. The van der Waals surface area contributed by atoms with Crippen molar-refractivity contribution in [1.29, 1.82) is 0 Å². The van der Waals surface area contributed by atoms with Crippen LogP contribution in [0.4, 0.5) is 0 Å². The molecule has 1 saturated heterocycles. The average Bonchev–Trinajstić information content (AvgIpc) is 3.58. The number of hydrogen-bond acceptors (Lipinski definition) is 0. The normalized spacial score (nSPS) is 21.0. The topological polar surface area (TPSA) is 0 Å². The molecule has 1 aliphatic heterocycles. The fourth-order valence-corrected chi connectivity index (χ4v) is 40.5. The van der Waals surface area contributed by atoms with Gasteiger partial charge >= 0.3 is 260 Å². The number of allylic oxidation sites excluding steroid dienone is 2. The van der Waals surface area contributed by atoms with Gasteiger partial charge in [-0.3, -0.25) is 0 Å². The summed E-state index contributed by atoms with van der Waals surface area (Å²) in [5, 5.41) is 3.63. The minimum absolute atomic E-state index is 0.559. The van der Waals surface area contributed by atoms with Crippen LogP contribution in [0.3, 0.4) is 0 Å². The zero-order chi connectivity index (χ0) is 29.6. The molecule has 7 rings (SSSR count). The minimum atomic E-state index is -2.99. The Morgan fingerprint density at radius 1 is 0.548 bits per heavy atom. The second-order valence-corrected chi connectivity index (χ2v) is 36.3. The summed E-state index contributed by atoms with van der Waals surface area (Å²) in [5.74, 6) is 1.12. The molecule has 0 radical (unpaired) electrons. The van der Waals surface area contributed by atoms with Crippen LogP contribution in [0.25, 0.3) is 34.4 Å². The first kappa shape index (κ1) is 28.2. The van der Waals surface area contributed by atoms with Crippen LogP contribution in [0.15, 0.2) is 95.3 Å². The molecule has 4 aromatic carbocycles. The monoisotopic (exact) mass is 732 g/mol. The van der Waals surface area contributed by atoms with Crippen molar-refractivity contribution < 1.29 is 20.0 Å². The predicted octanol–water partition coefficient (Wildman–Crippen LogP) is 11.9. The van der Waals surface area contributed by atoms with E-state index in [2.05, 4.69) is 147 Å². The molecule has 3 aliphatic rings. The molecule has 0 N–H and O–H groups in total. The summed E-state index contributed by atoms with van der Waals surface area (Å²) in [5.41, 5.74) is 14.7. The fourth-order valence-electron chi connectivity index (χ4n) is 8.42. The van der Waals surface area contributed by atoms with E-state index in [1.165, 1.54) is 44.5 Å². The molecule has 2 heteroatoms. The van der Waals surface area contributed by atoms with Crippen LogP contribution >= 0.6 is 0 Å². The molecular weight excluding hydrogens is 687 g/mol. The zero-order valence-corrected chi connectivity index (χ0v) is 31.1. The van der Waals surface area contributed by atoms with Gasteiger partial charge in [-0.1, -0.05) is 0 Å². The van der Waals surface area contributed by atoms with Crippen LogP contribution in [0, 0.1) is 0 Å². The maximum absolute atomic E-state index is 2.99. The van der Waals surface area contributed by atoms with Gasteiger partial charge in [0.2, 0.25) is 0 Å². The van der Waals surface area contributed by atoms with E-state index in [4.69, 9.17) is 0 Å². The molecule has 0 nitrogen and oxygen atoms in total. The molecule has 4 aromatic rings. The Bertz CT molecular complexity index is 1630. The van der Waals surface area contributed by atoms with Gasteiger partial charge in [-0.05, 0) is 0 Å². The molecule has 1 heterocycles. The van der Waals surface area contributed by atoms with Gasteiger partial charge in [0.15, 0.2) is 0 Å². The molecule has 2 atom stereocenters. The van der Waals surface area contributed by atoms with E-state index in [0.717, 1.165) is 0 Å². The van der Waals surface area contributed by atoms with Gasteiger partial charge in [-0.2, -0.15) is 0 Å². The second-order valence-electron chi connectivity index (χ2n) is 14.7. The number of fused-ring (bicyclic) bond motifs is 6. The van der Waals surface area contributed by atoms with Gasteiger partial charge in [0, 0.05) is 0 Å². The molecule has 42 heavy (non-hydrogen) atoms. The van der Waals surface area contributed by atoms with E-state index in [1.807, 2.05) is 10.4 Å². The van der Waals surface area contributed by atoms with Gasteiger partial charge in [-0.25, -0.2) is 0 Å². The van der Waals surface area contributed by atoms with Crippen LogP contribution in [-0.2, 0) is 20.0 Å². The first-order valence-electron chi connectivity index (χ1n) is 15.9. The summed E-state index contributed by atoms with van der Waals surface area (Å²) < 4.78 is 6.88. The quantitative estimate of drug-likeness (QED) is 0.183. The summed E-state index contributed by atoms with van der Waals surface area (Å²) in [6.45, 7) is 14.4. The van der Waals surface area contributed by atoms with Gasteiger partial charge in [-0.15, -0.1) is 0 Å². The molecular formula is C40H44HfSi. The third-order valence-electron chi connectivity index (χ3n) is 10.8. The van der Waals surface area contributed by atoms with Crippen LogP contribution in [0.5, 0.6) is 0 Å². The fraction of sp³-hybridized carbons (Fsp3) is 0.300. The summed E-state index contributed by atoms with van der Waals surface area (Å²) in [4.78, 5) is 0. The standard InChI is InChI=1S/C38H38Si.2CH3.Hf/c1-25(2)27-13-17-29(18-14-27)35-11-7-9-31-21-33(23-37(31)35)39(5,6)34-22-32-10-8-12-36(38(32)24-34)30-19-15-28(16-20-30)26(3)4;;;/h7-26H,1-6H3;2*1H3;. The third-order valence-corrected chi connectivity index (χ3v) is 31.8. The van der Waals surface area contributed by atoms with Crippen molar-refractivity contribution in [3.05, 3.63) is 129 Å². The van der Waals surface area contributed by atoms with Crippen molar-refractivity contribution in [2.24, 2.45) is 0 Å². The molecule has 0 saturated carbocycles. The first-order chi connectivity index (χ1) is 20.0. The SMILES string of the molecule is CC(C)c1ccc(-c2cccc3c2C=C2[CH]3[Hf]([CH3])([CH3])[CH]3C(=Cc4c(-c5ccc(C(C)C)cc5)cccc43)[Si]2(C)C)cc1. The van der Waals surface area contributed by atoms with E-state index in [9.17, 15) is 0 Å². The zero-order valence-electron chi connectivity index (χ0n) is 26.5. The molecule has 0 spiro atoms. The number of hydrogen-bond donors (Lipinski definition) is 0. The Morgan fingerprint density at radius 2 is 0.929 bits per heavy atom. The van der Waals surface area contributed by atoms with Crippen molar-refractivity contribution in [3.8, 4) is 22.3 Å². The summed E-state index contributed by atoms with van der Waals surface area (Å²) in [6, 6.07) is 33.1. The Labute approximate surface area is 258 Å². The molecule has 0 bridgehead atoms. The Hall–Kier alpha value is -2.55. The van der Waals surface area contributed by atoms with Crippen LogP contribution in [0.1, 0.15) is 80.3 Å². The van der Waals surface area contributed by atoms with Gasteiger partial charge < -0.3 is 0 Å². The van der Waals surface area contributed by atoms with Crippen molar-refractivity contribution in [2.75, 3.05) is 0 Å². The van der Waals surface area contributed by atoms with Crippen LogP contribution in [0.2, 0.25) is 22.5 Å². The van der Waals surface area contributed by atoms with Crippen molar-refractivity contribution in [3.63, 3.8) is 0 Å². The van der Waals surface area contributed by atoms with E-state index < -0.39 is 28.0 Å². The average molecular weight is 731 g/mol. The van der Waals surface area contributed by atoms with E-state index >= 15 is 0 Å². The van der Waals surface area contributed by atoms with Crippen molar-refractivity contribution in [2.45, 2.75) is 69.3 Å². The summed E-state index contributed by atoms with van der Waals surface area (Å²) in [7, 11) is -1.85. The van der Waals surface area contributed by atoms with Crippen molar-refractivity contribution in [1.82, 2.24) is 0 Å². The molecule has 0 amide bonds. The van der Waals surface area contributed by atoms with Gasteiger partial charge in [0.1, 0.15) is 0 Å². The molecule has 2 unspecified atom stereocenters. The first-order valence-corrected chi connectivity index (χ1v) is 30.2. The van der Waals surface area contributed by atoms with E-state index in [0.29, 0.717) is 19.2 Å². The van der Waals surface area contributed by atoms with Crippen LogP contribution in [-0.4, -0.2) is 8.07 Å². The molecule has 212 valence electrons.